The van der Waals surface area contributed by atoms with Gasteiger partial charge in [-0.05, 0) is 12.3 Å². The molecule has 0 spiro atoms. The van der Waals surface area contributed by atoms with Crippen LogP contribution in [0.5, 0.6) is 0 Å². The van der Waals surface area contributed by atoms with Crippen molar-refractivity contribution in [2.45, 2.75) is 51.3 Å². The smallest absolute Gasteiger partial charge is 0.358 e. The van der Waals surface area contributed by atoms with E-state index in [1.54, 1.807) is 0 Å². The molecule has 1 aromatic rings. The molecule has 1 fully saturated rings. The minimum absolute atomic E-state index is 0.0464. The quantitative estimate of drug-likeness (QED) is 0.687. The van der Waals surface area contributed by atoms with Crippen LogP contribution in [0.25, 0.3) is 0 Å². The predicted molar refractivity (Wildman–Crippen MR) is 67.5 cm³/mol. The van der Waals surface area contributed by atoms with Crippen molar-refractivity contribution in [3.63, 3.8) is 0 Å². The highest BCUT2D eigenvalue weighted by atomic mass is 16.4. The third-order valence-corrected chi connectivity index (χ3v) is 3.70. The van der Waals surface area contributed by atoms with Crippen molar-refractivity contribution in [2.24, 2.45) is 11.7 Å². The lowest BCUT2D eigenvalue weighted by Crippen LogP contribution is -2.22. The van der Waals surface area contributed by atoms with Crippen LogP contribution in [0.15, 0.2) is 0 Å². The number of carboxylic acids is 1. The van der Waals surface area contributed by atoms with Gasteiger partial charge in [0.2, 0.25) is 0 Å². The maximum Gasteiger partial charge on any atom is 0.358 e. The highest BCUT2D eigenvalue weighted by Crippen LogP contribution is 2.28. The Morgan fingerprint density at radius 1 is 1.47 bits per heavy atom. The Morgan fingerprint density at radius 3 is 2.74 bits per heavy atom. The molecule has 1 heterocycles. The van der Waals surface area contributed by atoms with Gasteiger partial charge in [-0.15, -0.1) is 5.10 Å². The van der Waals surface area contributed by atoms with Crippen molar-refractivity contribution in [3.05, 3.63) is 11.4 Å². The van der Waals surface area contributed by atoms with Crippen LogP contribution in [0, 0.1) is 5.92 Å². The van der Waals surface area contributed by atoms with Crippen molar-refractivity contribution >= 4 is 5.97 Å². The SMILES string of the molecule is NCc1c(C(=O)O)nnn1CC(O)CC1CCCC1. The van der Waals surface area contributed by atoms with Gasteiger partial charge in [0.05, 0.1) is 18.3 Å². The van der Waals surface area contributed by atoms with Crippen LogP contribution >= 0.6 is 0 Å². The number of aliphatic hydroxyl groups excluding tert-OH is 1. The minimum atomic E-state index is -1.14. The molecule has 0 bridgehead atoms. The highest BCUT2D eigenvalue weighted by Gasteiger charge is 2.22. The monoisotopic (exact) mass is 268 g/mol. The molecule has 1 unspecified atom stereocenters. The summed E-state index contributed by atoms with van der Waals surface area (Å²) in [6, 6.07) is 0. The molecular weight excluding hydrogens is 248 g/mol. The number of hydrogen-bond acceptors (Lipinski definition) is 5. The average molecular weight is 268 g/mol. The molecule has 1 atom stereocenters. The number of aromatic nitrogens is 3. The van der Waals surface area contributed by atoms with E-state index >= 15 is 0 Å². The number of carboxylic acid groups (broad SMARTS) is 1. The summed E-state index contributed by atoms with van der Waals surface area (Å²) in [5.41, 5.74) is 5.76. The Bertz CT molecular complexity index is 440. The van der Waals surface area contributed by atoms with E-state index in [4.69, 9.17) is 10.8 Å². The molecule has 0 radical (unpaired) electrons. The Morgan fingerprint density at radius 2 is 2.16 bits per heavy atom. The standard InChI is InChI=1S/C12H20N4O3/c13-6-10-11(12(18)19)14-15-16(10)7-9(17)5-8-3-1-2-4-8/h8-9,17H,1-7,13H2,(H,18,19). The van der Waals surface area contributed by atoms with Gasteiger partial charge in [-0.2, -0.15) is 0 Å². The molecule has 1 saturated carbocycles. The normalized spacial score (nSPS) is 17.8. The van der Waals surface area contributed by atoms with E-state index < -0.39 is 12.1 Å². The van der Waals surface area contributed by atoms with Gasteiger partial charge in [-0.3, -0.25) is 0 Å². The summed E-state index contributed by atoms with van der Waals surface area (Å²) in [6.45, 7) is 0.300. The van der Waals surface area contributed by atoms with E-state index in [0.717, 1.165) is 6.42 Å². The first-order chi connectivity index (χ1) is 9.11. The Hall–Kier alpha value is -1.47. The summed E-state index contributed by atoms with van der Waals surface area (Å²) in [6.07, 6.45) is 5.00. The topological polar surface area (TPSA) is 114 Å². The second-order valence-corrected chi connectivity index (χ2v) is 5.12. The van der Waals surface area contributed by atoms with E-state index in [2.05, 4.69) is 10.3 Å². The fourth-order valence-electron chi connectivity index (χ4n) is 2.75. The summed E-state index contributed by atoms with van der Waals surface area (Å²) < 4.78 is 1.41. The van der Waals surface area contributed by atoms with Crippen LogP contribution in [0.3, 0.4) is 0 Å². The third kappa shape index (κ3) is 3.30. The van der Waals surface area contributed by atoms with Gasteiger partial charge in [-0.25, -0.2) is 9.48 Å². The van der Waals surface area contributed by atoms with Crippen molar-refractivity contribution in [2.75, 3.05) is 0 Å². The van der Waals surface area contributed by atoms with E-state index in [1.807, 2.05) is 0 Å². The highest BCUT2D eigenvalue weighted by molar-refractivity contribution is 5.86. The van der Waals surface area contributed by atoms with Crippen LogP contribution in [-0.2, 0) is 13.1 Å². The number of hydrogen-bond donors (Lipinski definition) is 3. The van der Waals surface area contributed by atoms with Crippen molar-refractivity contribution in [1.29, 1.82) is 0 Å². The van der Waals surface area contributed by atoms with Crippen LogP contribution in [0.4, 0.5) is 0 Å². The molecule has 0 amide bonds. The zero-order valence-electron chi connectivity index (χ0n) is 10.8. The maximum atomic E-state index is 10.9. The number of aliphatic hydroxyl groups is 1. The largest absolute Gasteiger partial charge is 0.476 e. The lowest BCUT2D eigenvalue weighted by molar-refractivity contribution is 0.0688. The first-order valence-electron chi connectivity index (χ1n) is 6.65. The summed E-state index contributed by atoms with van der Waals surface area (Å²) >= 11 is 0. The van der Waals surface area contributed by atoms with Gasteiger partial charge in [0.1, 0.15) is 0 Å². The first kappa shape index (κ1) is 14.0. The number of rotatable bonds is 6. The second kappa shape index (κ2) is 6.12. The Labute approximate surface area is 111 Å². The molecule has 7 nitrogen and oxygen atoms in total. The molecule has 106 valence electrons. The molecule has 7 heteroatoms. The maximum absolute atomic E-state index is 10.9. The molecule has 4 N–H and O–H groups in total. The molecule has 1 aliphatic carbocycles. The zero-order chi connectivity index (χ0) is 13.8. The molecule has 0 saturated heterocycles. The van der Waals surface area contributed by atoms with Crippen molar-refractivity contribution in [1.82, 2.24) is 15.0 Å². The van der Waals surface area contributed by atoms with Gasteiger partial charge in [0.15, 0.2) is 5.69 Å². The molecule has 1 aliphatic rings. The van der Waals surface area contributed by atoms with Crippen molar-refractivity contribution in [3.8, 4) is 0 Å². The first-order valence-corrected chi connectivity index (χ1v) is 6.65. The van der Waals surface area contributed by atoms with E-state index in [0.29, 0.717) is 11.6 Å². The number of aromatic carboxylic acids is 1. The van der Waals surface area contributed by atoms with Gasteiger partial charge in [0.25, 0.3) is 0 Å². The zero-order valence-corrected chi connectivity index (χ0v) is 10.8. The van der Waals surface area contributed by atoms with Crippen LogP contribution in [0.2, 0.25) is 0 Å². The molecule has 19 heavy (non-hydrogen) atoms. The Balaban J connectivity index is 1.99. The molecule has 0 aromatic carbocycles. The van der Waals surface area contributed by atoms with Crippen LogP contribution < -0.4 is 5.73 Å². The van der Waals surface area contributed by atoms with Crippen LogP contribution in [-0.4, -0.2) is 37.3 Å². The molecule has 0 aliphatic heterocycles. The number of nitrogens with zero attached hydrogens (tertiary/aromatic N) is 3. The lowest BCUT2D eigenvalue weighted by atomic mass is 10.00. The molecular formula is C12H20N4O3. The third-order valence-electron chi connectivity index (χ3n) is 3.70. The van der Waals surface area contributed by atoms with Gasteiger partial charge in [0, 0.05) is 6.54 Å². The van der Waals surface area contributed by atoms with Gasteiger partial charge >= 0.3 is 5.97 Å². The Kier molecular flexibility index (Phi) is 4.49. The molecule has 1 aromatic heterocycles. The van der Waals surface area contributed by atoms with E-state index in [-0.39, 0.29) is 18.8 Å². The van der Waals surface area contributed by atoms with Crippen molar-refractivity contribution < 1.29 is 15.0 Å². The fourth-order valence-corrected chi connectivity index (χ4v) is 2.75. The number of nitrogens with two attached hydrogens (primary N) is 1. The van der Waals surface area contributed by atoms with E-state index in [1.165, 1.54) is 30.4 Å². The second-order valence-electron chi connectivity index (χ2n) is 5.12. The average Bonchev–Trinajstić information content (AvgIpc) is 2.97. The fraction of sp³-hybridized carbons (Fsp3) is 0.750. The summed E-state index contributed by atoms with van der Waals surface area (Å²) in [4.78, 5) is 10.9. The lowest BCUT2D eigenvalue weighted by Gasteiger charge is -2.16. The van der Waals surface area contributed by atoms with Gasteiger partial charge in [-0.1, -0.05) is 30.9 Å². The summed E-state index contributed by atoms with van der Waals surface area (Å²) in [5, 5.41) is 26.4. The van der Waals surface area contributed by atoms with Crippen LogP contribution in [0.1, 0.15) is 48.3 Å². The van der Waals surface area contributed by atoms with Gasteiger partial charge < -0.3 is 15.9 Å². The summed E-state index contributed by atoms with van der Waals surface area (Å²) in [7, 11) is 0. The predicted octanol–water partition coefficient (Wildman–Crippen LogP) is 0.376. The number of carbonyl (C=O) groups is 1. The minimum Gasteiger partial charge on any atom is -0.476 e. The molecule has 2 rings (SSSR count). The summed E-state index contributed by atoms with van der Waals surface area (Å²) in [5.74, 6) is -0.573. The van der Waals surface area contributed by atoms with E-state index in [9.17, 15) is 9.90 Å².